The molecule has 2 fully saturated rings. The number of amides is 1. The number of carbonyl (C=O) groups is 1. The first kappa shape index (κ1) is 13.6. The van der Waals surface area contributed by atoms with Crippen LogP contribution < -0.4 is 5.32 Å². The second-order valence-electron chi connectivity index (χ2n) is 7.03. The van der Waals surface area contributed by atoms with E-state index in [2.05, 4.69) is 31.1 Å². The van der Waals surface area contributed by atoms with E-state index in [4.69, 9.17) is 0 Å². The fraction of sp³-hybridized carbons (Fsp3) is 0.625. The first-order valence-electron chi connectivity index (χ1n) is 7.23. The maximum absolute atomic E-state index is 12.9. The molecule has 2 aliphatic carbocycles. The van der Waals surface area contributed by atoms with Crippen LogP contribution in [0, 0.1) is 16.2 Å². The lowest BCUT2D eigenvalue weighted by Gasteiger charge is -2.40. The molecule has 2 N–H and O–H groups in total. The van der Waals surface area contributed by atoms with Gasteiger partial charge in [0.2, 0.25) is 5.91 Å². The molecule has 1 aromatic rings. The van der Waals surface area contributed by atoms with E-state index >= 15 is 0 Å². The number of hydrogen-bond acceptors (Lipinski definition) is 3. The number of fused-ring (bicyclic) bond motifs is 2. The van der Waals surface area contributed by atoms with Crippen molar-refractivity contribution in [2.75, 3.05) is 5.32 Å². The van der Waals surface area contributed by atoms with Gasteiger partial charge in [-0.2, -0.15) is 0 Å². The van der Waals surface area contributed by atoms with Crippen LogP contribution >= 0.6 is 0 Å². The van der Waals surface area contributed by atoms with Gasteiger partial charge in [-0.25, -0.2) is 0 Å². The third-order valence-corrected chi connectivity index (χ3v) is 6.35. The molecular weight excluding hydrogens is 252 g/mol. The second kappa shape index (κ2) is 4.04. The minimum absolute atomic E-state index is 0.0361. The lowest BCUT2D eigenvalue weighted by atomic mass is 9.64. The average molecular weight is 274 g/mol. The number of aromatic nitrogens is 1. The standard InChI is InChI=1S/C16H22N2O2/c1-14(2)15(3)6-7-16(14,10-12(15)19)13(20)18-11-4-8-17-9-5-11/h4-5,8-9,12,19H,6-7,10H2,1-3H3,(H,17,18,20)/t12-,15+,16+/m0/s1. The van der Waals surface area contributed by atoms with Crippen LogP contribution in [0.4, 0.5) is 5.69 Å². The smallest absolute Gasteiger partial charge is 0.231 e. The molecule has 20 heavy (non-hydrogen) atoms. The predicted octanol–water partition coefficient (Wildman–Crippen LogP) is 2.60. The zero-order valence-corrected chi connectivity index (χ0v) is 12.3. The lowest BCUT2D eigenvalue weighted by molar-refractivity contribution is -0.130. The van der Waals surface area contributed by atoms with Crippen molar-refractivity contribution >= 4 is 11.6 Å². The molecule has 2 bridgehead atoms. The predicted molar refractivity (Wildman–Crippen MR) is 77.0 cm³/mol. The lowest BCUT2D eigenvalue weighted by Crippen LogP contribution is -2.43. The fourth-order valence-electron chi connectivity index (χ4n) is 4.32. The summed E-state index contributed by atoms with van der Waals surface area (Å²) in [4.78, 5) is 16.8. The number of aliphatic hydroxyl groups is 1. The number of aliphatic hydroxyl groups excluding tert-OH is 1. The van der Waals surface area contributed by atoms with Gasteiger partial charge >= 0.3 is 0 Å². The third-order valence-electron chi connectivity index (χ3n) is 6.35. The summed E-state index contributed by atoms with van der Waals surface area (Å²) < 4.78 is 0. The Bertz CT molecular complexity index is 543. The first-order chi connectivity index (χ1) is 9.33. The summed E-state index contributed by atoms with van der Waals surface area (Å²) in [5.74, 6) is 0.0361. The normalized spacial score (nSPS) is 37.9. The molecule has 0 unspecified atom stereocenters. The molecule has 1 aromatic heterocycles. The third kappa shape index (κ3) is 1.46. The summed E-state index contributed by atoms with van der Waals surface area (Å²) in [6.07, 6.45) is 5.26. The Labute approximate surface area is 119 Å². The van der Waals surface area contributed by atoms with Gasteiger partial charge in [0.25, 0.3) is 0 Å². The molecule has 4 nitrogen and oxygen atoms in total. The number of nitrogens with zero attached hydrogens (tertiary/aromatic N) is 1. The van der Waals surface area contributed by atoms with E-state index in [1.165, 1.54) is 0 Å². The Morgan fingerprint density at radius 3 is 2.45 bits per heavy atom. The van der Waals surface area contributed by atoms with E-state index in [0.29, 0.717) is 6.42 Å². The summed E-state index contributed by atoms with van der Waals surface area (Å²) >= 11 is 0. The van der Waals surface area contributed by atoms with Gasteiger partial charge in [0, 0.05) is 18.1 Å². The van der Waals surface area contributed by atoms with Crippen LogP contribution in [0.15, 0.2) is 24.5 Å². The van der Waals surface area contributed by atoms with Crippen LogP contribution in [-0.4, -0.2) is 22.1 Å². The molecule has 0 aromatic carbocycles. The Hall–Kier alpha value is -1.42. The number of nitrogens with one attached hydrogen (secondary N) is 1. The Kier molecular flexibility index (Phi) is 2.74. The maximum atomic E-state index is 12.9. The van der Waals surface area contributed by atoms with Gasteiger partial charge in [-0.15, -0.1) is 0 Å². The largest absolute Gasteiger partial charge is 0.393 e. The second-order valence-corrected chi connectivity index (χ2v) is 7.03. The van der Waals surface area contributed by atoms with Crippen LogP contribution in [-0.2, 0) is 4.79 Å². The summed E-state index contributed by atoms with van der Waals surface area (Å²) in [5, 5.41) is 13.4. The molecule has 0 saturated heterocycles. The van der Waals surface area contributed by atoms with Gasteiger partial charge in [0.15, 0.2) is 0 Å². The van der Waals surface area contributed by atoms with Gasteiger partial charge in [-0.1, -0.05) is 20.8 Å². The van der Waals surface area contributed by atoms with Gasteiger partial charge in [0.1, 0.15) is 0 Å². The Balaban J connectivity index is 1.92. The Morgan fingerprint density at radius 1 is 1.30 bits per heavy atom. The van der Waals surface area contributed by atoms with Gasteiger partial charge in [0.05, 0.1) is 11.5 Å². The summed E-state index contributed by atoms with van der Waals surface area (Å²) in [6.45, 7) is 6.37. The van der Waals surface area contributed by atoms with Crippen LogP contribution in [0.2, 0.25) is 0 Å². The van der Waals surface area contributed by atoms with Crippen LogP contribution in [0.5, 0.6) is 0 Å². The van der Waals surface area contributed by atoms with E-state index < -0.39 is 11.5 Å². The molecule has 0 spiro atoms. The zero-order valence-electron chi connectivity index (χ0n) is 12.3. The monoisotopic (exact) mass is 274 g/mol. The highest BCUT2D eigenvalue weighted by molar-refractivity contribution is 5.96. The van der Waals surface area contributed by atoms with Crippen molar-refractivity contribution in [3.8, 4) is 0 Å². The number of rotatable bonds is 2. The summed E-state index contributed by atoms with van der Waals surface area (Å²) in [6, 6.07) is 3.59. The van der Waals surface area contributed by atoms with E-state index in [1.54, 1.807) is 24.5 Å². The summed E-state index contributed by atoms with van der Waals surface area (Å²) in [7, 11) is 0. The van der Waals surface area contributed by atoms with Crippen molar-refractivity contribution in [3.05, 3.63) is 24.5 Å². The topological polar surface area (TPSA) is 62.2 Å². The highest BCUT2D eigenvalue weighted by Crippen LogP contribution is 2.72. The maximum Gasteiger partial charge on any atom is 0.231 e. The van der Waals surface area contributed by atoms with Crippen molar-refractivity contribution in [1.82, 2.24) is 4.98 Å². The van der Waals surface area contributed by atoms with Gasteiger partial charge in [-0.3, -0.25) is 9.78 Å². The van der Waals surface area contributed by atoms with Crippen molar-refractivity contribution < 1.29 is 9.90 Å². The molecule has 3 atom stereocenters. The van der Waals surface area contributed by atoms with Gasteiger partial charge in [-0.05, 0) is 42.2 Å². The number of anilines is 1. The van der Waals surface area contributed by atoms with Gasteiger partial charge < -0.3 is 10.4 Å². The van der Waals surface area contributed by atoms with Crippen molar-refractivity contribution in [3.63, 3.8) is 0 Å². The molecule has 1 heterocycles. The summed E-state index contributed by atoms with van der Waals surface area (Å²) in [5.41, 5.74) is -0.0611. The molecular formula is C16H22N2O2. The highest BCUT2D eigenvalue weighted by atomic mass is 16.3. The molecule has 0 radical (unpaired) electrons. The SMILES string of the molecule is CC1(C)[C@]2(C(=O)Nc3ccncc3)CC[C@]1(C)[C@@H](O)C2. The molecule has 108 valence electrons. The van der Waals surface area contributed by atoms with E-state index in [9.17, 15) is 9.90 Å². The van der Waals surface area contributed by atoms with Crippen LogP contribution in [0.25, 0.3) is 0 Å². The van der Waals surface area contributed by atoms with Crippen molar-refractivity contribution in [2.24, 2.45) is 16.2 Å². The zero-order chi connectivity index (χ0) is 14.6. The van der Waals surface area contributed by atoms with E-state index in [0.717, 1.165) is 18.5 Å². The van der Waals surface area contributed by atoms with E-state index in [1.807, 2.05) is 0 Å². The van der Waals surface area contributed by atoms with E-state index in [-0.39, 0.29) is 16.7 Å². The quantitative estimate of drug-likeness (QED) is 0.871. The fourth-order valence-corrected chi connectivity index (χ4v) is 4.32. The minimum Gasteiger partial charge on any atom is -0.393 e. The molecule has 1 amide bonds. The first-order valence-corrected chi connectivity index (χ1v) is 7.23. The average Bonchev–Trinajstić information content (AvgIpc) is 2.70. The van der Waals surface area contributed by atoms with Crippen molar-refractivity contribution in [2.45, 2.75) is 46.1 Å². The molecule has 2 aliphatic rings. The minimum atomic E-state index is -0.468. The molecule has 2 saturated carbocycles. The van der Waals surface area contributed by atoms with Crippen molar-refractivity contribution in [1.29, 1.82) is 0 Å². The van der Waals surface area contributed by atoms with Crippen LogP contribution in [0.1, 0.15) is 40.0 Å². The van der Waals surface area contributed by atoms with Crippen LogP contribution in [0.3, 0.4) is 0 Å². The number of pyridine rings is 1. The highest BCUT2D eigenvalue weighted by Gasteiger charge is 2.72. The Morgan fingerprint density at radius 2 is 1.95 bits per heavy atom. The molecule has 4 heteroatoms. The molecule has 0 aliphatic heterocycles. The molecule has 3 rings (SSSR count). The number of carbonyl (C=O) groups excluding carboxylic acids is 1. The number of hydrogen-bond donors (Lipinski definition) is 2.